The maximum Gasteiger partial charge on any atom is 0.120 e. The first-order valence-corrected chi connectivity index (χ1v) is 5.05. The highest BCUT2D eigenvalue weighted by Gasteiger charge is 2.17. The number of halogens is 1. The molecule has 1 N–H and O–H groups in total. The van der Waals surface area contributed by atoms with Crippen LogP contribution in [0.25, 0.3) is 0 Å². The predicted octanol–water partition coefficient (Wildman–Crippen LogP) is 1.63. The first-order valence-electron chi connectivity index (χ1n) is 4.67. The fraction of sp³-hybridized carbons (Fsp3) is 0.667. The van der Waals surface area contributed by atoms with Gasteiger partial charge in [-0.1, -0.05) is 11.6 Å². The molecule has 1 heterocycles. The Labute approximate surface area is 88.4 Å². The van der Waals surface area contributed by atoms with E-state index in [0.29, 0.717) is 23.9 Å². The first-order chi connectivity index (χ1) is 6.70. The zero-order valence-electron chi connectivity index (χ0n) is 8.40. The van der Waals surface area contributed by atoms with Crippen LogP contribution in [0.15, 0.2) is 6.20 Å². The minimum absolute atomic E-state index is 0.252. The van der Waals surface area contributed by atoms with Gasteiger partial charge in [0.2, 0.25) is 0 Å². The summed E-state index contributed by atoms with van der Waals surface area (Å²) in [4.78, 5) is 0. The molecule has 0 aliphatic heterocycles. The largest absolute Gasteiger partial charge is 0.384 e. The number of nitrogens with zero attached hydrogens (tertiary/aromatic N) is 2. The molecule has 1 unspecified atom stereocenters. The van der Waals surface area contributed by atoms with Gasteiger partial charge in [-0.15, -0.1) is 0 Å². The van der Waals surface area contributed by atoms with Crippen molar-refractivity contribution in [3.8, 4) is 0 Å². The lowest BCUT2D eigenvalue weighted by molar-refractivity contribution is 0.0373. The van der Waals surface area contributed by atoms with E-state index in [4.69, 9.17) is 16.3 Å². The van der Waals surface area contributed by atoms with Gasteiger partial charge in [0.1, 0.15) is 6.10 Å². The second-order valence-electron chi connectivity index (χ2n) is 2.87. The Morgan fingerprint density at radius 1 is 1.64 bits per heavy atom. The van der Waals surface area contributed by atoms with Crippen molar-refractivity contribution < 1.29 is 9.84 Å². The number of aliphatic hydroxyl groups is 1. The van der Waals surface area contributed by atoms with Crippen LogP contribution in [0.4, 0.5) is 0 Å². The van der Waals surface area contributed by atoms with Crippen LogP contribution in [0.2, 0.25) is 5.02 Å². The Kier molecular flexibility index (Phi) is 4.38. The molecule has 5 heteroatoms. The van der Waals surface area contributed by atoms with Gasteiger partial charge in [-0.2, -0.15) is 5.10 Å². The summed E-state index contributed by atoms with van der Waals surface area (Å²) in [6, 6.07) is 0. The van der Waals surface area contributed by atoms with Crippen molar-refractivity contribution in [2.45, 2.75) is 26.5 Å². The third kappa shape index (κ3) is 2.47. The Morgan fingerprint density at radius 2 is 2.36 bits per heavy atom. The van der Waals surface area contributed by atoms with Crippen LogP contribution >= 0.6 is 11.6 Å². The normalized spacial score (nSPS) is 13.1. The number of rotatable bonds is 5. The molecule has 0 bridgehead atoms. The highest BCUT2D eigenvalue weighted by atomic mass is 35.5. The van der Waals surface area contributed by atoms with E-state index in [1.165, 1.54) is 6.20 Å². The molecule has 14 heavy (non-hydrogen) atoms. The molecule has 1 aromatic rings. The van der Waals surface area contributed by atoms with Crippen LogP contribution in [0.1, 0.15) is 25.6 Å². The molecular formula is C9H15ClN2O2. The van der Waals surface area contributed by atoms with Gasteiger partial charge in [-0.05, 0) is 13.8 Å². The fourth-order valence-electron chi connectivity index (χ4n) is 1.26. The van der Waals surface area contributed by atoms with Gasteiger partial charge < -0.3 is 9.84 Å². The van der Waals surface area contributed by atoms with Crippen molar-refractivity contribution in [1.82, 2.24) is 9.78 Å². The second kappa shape index (κ2) is 5.34. The highest BCUT2D eigenvalue weighted by Crippen LogP contribution is 2.22. The minimum atomic E-state index is -0.704. The van der Waals surface area contributed by atoms with Gasteiger partial charge in [0.05, 0.1) is 23.5 Å². The van der Waals surface area contributed by atoms with Crippen molar-refractivity contribution >= 4 is 11.6 Å². The summed E-state index contributed by atoms with van der Waals surface area (Å²) in [5.74, 6) is 0. The molecule has 80 valence electrons. The lowest BCUT2D eigenvalue weighted by atomic mass is 10.2. The van der Waals surface area contributed by atoms with E-state index in [9.17, 15) is 5.11 Å². The van der Waals surface area contributed by atoms with Gasteiger partial charge in [0, 0.05) is 13.2 Å². The van der Waals surface area contributed by atoms with E-state index in [0.717, 1.165) is 0 Å². The average molecular weight is 219 g/mol. The Hall–Kier alpha value is -0.580. The Morgan fingerprint density at radius 3 is 2.93 bits per heavy atom. The van der Waals surface area contributed by atoms with Gasteiger partial charge >= 0.3 is 0 Å². The second-order valence-corrected chi connectivity index (χ2v) is 3.28. The molecule has 0 amide bonds. The van der Waals surface area contributed by atoms with Crippen molar-refractivity contribution in [2.75, 3.05) is 13.2 Å². The molecule has 0 aliphatic rings. The Balaban J connectivity index is 2.76. The standard InChI is InChI=1S/C9H15ClN2O2/c1-3-12-9(7(10)5-11-12)8(13)6-14-4-2/h5,8,13H,3-4,6H2,1-2H3. The van der Waals surface area contributed by atoms with E-state index in [1.54, 1.807) is 4.68 Å². The summed E-state index contributed by atoms with van der Waals surface area (Å²) in [6.07, 6.45) is 0.833. The lowest BCUT2D eigenvalue weighted by Gasteiger charge is -2.12. The van der Waals surface area contributed by atoms with E-state index >= 15 is 0 Å². The SMILES string of the molecule is CCOCC(O)c1c(Cl)cnn1CC. The molecule has 0 fully saturated rings. The minimum Gasteiger partial charge on any atom is -0.384 e. The van der Waals surface area contributed by atoms with Crippen LogP contribution in [-0.2, 0) is 11.3 Å². The monoisotopic (exact) mass is 218 g/mol. The van der Waals surface area contributed by atoms with Gasteiger partial charge in [-0.25, -0.2) is 0 Å². The van der Waals surface area contributed by atoms with Gasteiger partial charge in [0.25, 0.3) is 0 Å². The molecular weight excluding hydrogens is 204 g/mol. The number of ether oxygens (including phenoxy) is 1. The molecule has 0 radical (unpaired) electrons. The van der Waals surface area contributed by atoms with Crippen molar-refractivity contribution in [2.24, 2.45) is 0 Å². The maximum atomic E-state index is 9.76. The topological polar surface area (TPSA) is 47.3 Å². The van der Waals surface area contributed by atoms with E-state index in [2.05, 4.69) is 5.10 Å². The summed E-state index contributed by atoms with van der Waals surface area (Å²) >= 11 is 5.90. The molecule has 0 aliphatic carbocycles. The van der Waals surface area contributed by atoms with E-state index in [-0.39, 0.29) is 6.61 Å². The van der Waals surface area contributed by atoms with Crippen LogP contribution in [0.5, 0.6) is 0 Å². The molecule has 4 nitrogen and oxygen atoms in total. The number of aliphatic hydroxyl groups excluding tert-OH is 1. The van der Waals surface area contributed by atoms with Crippen molar-refractivity contribution in [1.29, 1.82) is 0 Å². The molecule has 0 saturated heterocycles. The third-order valence-electron chi connectivity index (χ3n) is 1.93. The van der Waals surface area contributed by atoms with Gasteiger partial charge in [0.15, 0.2) is 0 Å². The third-order valence-corrected chi connectivity index (χ3v) is 2.22. The fourth-order valence-corrected chi connectivity index (χ4v) is 1.53. The molecule has 0 spiro atoms. The summed E-state index contributed by atoms with van der Waals surface area (Å²) in [7, 11) is 0. The van der Waals surface area contributed by atoms with Gasteiger partial charge in [-0.3, -0.25) is 4.68 Å². The summed E-state index contributed by atoms with van der Waals surface area (Å²) in [5, 5.41) is 14.3. The van der Waals surface area contributed by atoms with E-state index < -0.39 is 6.10 Å². The summed E-state index contributed by atoms with van der Waals surface area (Å²) < 4.78 is 6.80. The zero-order chi connectivity index (χ0) is 10.6. The quantitative estimate of drug-likeness (QED) is 0.817. The molecule has 1 rings (SSSR count). The van der Waals surface area contributed by atoms with Crippen LogP contribution in [-0.4, -0.2) is 28.1 Å². The molecule has 0 aromatic carbocycles. The molecule has 1 atom stereocenters. The van der Waals surface area contributed by atoms with Crippen molar-refractivity contribution in [3.05, 3.63) is 16.9 Å². The first kappa shape index (κ1) is 11.5. The molecule has 0 saturated carbocycles. The number of aryl methyl sites for hydroxylation is 1. The summed E-state index contributed by atoms with van der Waals surface area (Å²) in [5.41, 5.74) is 0.627. The Bertz CT molecular complexity index is 288. The van der Waals surface area contributed by atoms with Crippen LogP contribution in [0.3, 0.4) is 0 Å². The number of hydrogen-bond acceptors (Lipinski definition) is 3. The zero-order valence-corrected chi connectivity index (χ0v) is 9.16. The van der Waals surface area contributed by atoms with E-state index in [1.807, 2.05) is 13.8 Å². The van der Waals surface area contributed by atoms with Crippen LogP contribution in [0, 0.1) is 0 Å². The maximum absolute atomic E-state index is 9.76. The summed E-state index contributed by atoms with van der Waals surface area (Å²) in [6.45, 7) is 5.34. The smallest absolute Gasteiger partial charge is 0.120 e. The number of hydrogen-bond donors (Lipinski definition) is 1. The van der Waals surface area contributed by atoms with Crippen molar-refractivity contribution in [3.63, 3.8) is 0 Å². The predicted molar refractivity (Wildman–Crippen MR) is 54.4 cm³/mol. The number of aromatic nitrogens is 2. The molecule has 1 aromatic heterocycles. The highest BCUT2D eigenvalue weighted by molar-refractivity contribution is 6.31. The van der Waals surface area contributed by atoms with Crippen LogP contribution < -0.4 is 0 Å². The average Bonchev–Trinajstić information content (AvgIpc) is 2.56. The lowest BCUT2D eigenvalue weighted by Crippen LogP contribution is -2.13.